The van der Waals surface area contributed by atoms with Crippen molar-refractivity contribution in [1.82, 2.24) is 9.97 Å². The number of carbonyl (C=O) groups excluding carboxylic acids is 2. The summed E-state index contributed by atoms with van der Waals surface area (Å²) in [6.45, 7) is 0. The van der Waals surface area contributed by atoms with Gasteiger partial charge in [0.05, 0.1) is 34.6 Å². The molecule has 0 atom stereocenters. The number of thiazole rings is 2. The average molecular weight is 1010 g/mol. The van der Waals surface area contributed by atoms with Crippen molar-refractivity contribution in [3.05, 3.63) is 140 Å². The van der Waals surface area contributed by atoms with Crippen molar-refractivity contribution in [1.29, 1.82) is 0 Å². The topological polar surface area (TPSA) is 195 Å². The van der Waals surface area contributed by atoms with Gasteiger partial charge in [-0.15, -0.1) is 22.7 Å². The molecule has 6 aromatic rings. The first-order valence-corrected chi connectivity index (χ1v) is 23.1. The van der Waals surface area contributed by atoms with Gasteiger partial charge in [-0.1, -0.05) is 39.7 Å². The number of hydrogen-bond donors (Lipinski definition) is 4. The second-order valence-corrected chi connectivity index (χ2v) is 18.4. The third-order valence-corrected chi connectivity index (χ3v) is 13.3. The van der Waals surface area contributed by atoms with Gasteiger partial charge in [-0.3, -0.25) is 19.0 Å². The molecule has 14 nitrogen and oxygen atoms in total. The van der Waals surface area contributed by atoms with E-state index in [0.29, 0.717) is 17.2 Å². The molecule has 2 aromatic heterocycles. The Morgan fingerprint density at radius 1 is 0.710 bits per heavy atom. The Morgan fingerprint density at radius 3 is 1.58 bits per heavy atom. The van der Waals surface area contributed by atoms with Crippen LogP contribution in [0, 0.1) is 0 Å². The van der Waals surface area contributed by atoms with Gasteiger partial charge in [-0.25, -0.2) is 26.8 Å². The first-order valence-electron chi connectivity index (χ1n) is 17.2. The smallest absolute Gasteiger partial charge is 0.417 e. The monoisotopic (exact) mass is 1010 g/mol. The number of hydrogen-bond acceptors (Lipinski definition) is 12. The molecule has 23 heteroatoms. The number of alkyl halides is 3. The van der Waals surface area contributed by atoms with Gasteiger partial charge in [0.2, 0.25) is 11.8 Å². The highest BCUT2D eigenvalue weighted by Crippen LogP contribution is 2.37. The Labute approximate surface area is 374 Å². The van der Waals surface area contributed by atoms with E-state index in [1.807, 2.05) is 0 Å². The molecule has 4 aromatic carbocycles. The Bertz CT molecular complexity index is 2790. The Hall–Kier alpha value is -5.78. The summed E-state index contributed by atoms with van der Waals surface area (Å²) >= 11 is 11.5. The van der Waals surface area contributed by atoms with Crippen molar-refractivity contribution in [3.8, 4) is 11.5 Å². The van der Waals surface area contributed by atoms with Crippen LogP contribution in [0.5, 0.6) is 11.5 Å². The second kappa shape index (κ2) is 20.9. The summed E-state index contributed by atoms with van der Waals surface area (Å²) in [5.74, 6) is 0.0903. The zero-order valence-electron chi connectivity index (χ0n) is 31.8. The minimum absolute atomic E-state index is 0.0290. The van der Waals surface area contributed by atoms with Crippen molar-refractivity contribution < 1.29 is 49.1 Å². The minimum Gasteiger partial charge on any atom is -0.493 e. The zero-order valence-corrected chi connectivity index (χ0v) is 37.4. The number of carbonyl (C=O) groups is 2. The lowest BCUT2D eigenvalue weighted by molar-refractivity contribution is -0.137. The lowest BCUT2D eigenvalue weighted by Crippen LogP contribution is -2.13. The lowest BCUT2D eigenvalue weighted by atomic mass is 10.1. The normalized spacial score (nSPS) is 11.7. The fourth-order valence-electron chi connectivity index (χ4n) is 4.92. The van der Waals surface area contributed by atoms with Crippen LogP contribution in [0.25, 0.3) is 12.2 Å². The van der Waals surface area contributed by atoms with Crippen LogP contribution in [0.4, 0.5) is 34.8 Å². The van der Waals surface area contributed by atoms with Crippen LogP contribution < -0.4 is 29.6 Å². The van der Waals surface area contributed by atoms with Gasteiger partial charge in [-0.2, -0.15) is 13.2 Å². The number of aromatic nitrogens is 2. The number of benzene rings is 4. The third-order valence-electron chi connectivity index (χ3n) is 7.84. The van der Waals surface area contributed by atoms with E-state index in [1.54, 1.807) is 36.1 Å². The maximum absolute atomic E-state index is 12.9. The fourth-order valence-corrected chi connectivity index (χ4v) is 9.25. The van der Waals surface area contributed by atoms with E-state index < -0.39 is 42.7 Å². The number of ether oxygens (including phenoxy) is 2. The third kappa shape index (κ3) is 13.1. The van der Waals surface area contributed by atoms with Crippen molar-refractivity contribution in [2.24, 2.45) is 0 Å². The molecule has 2 amide bonds. The van der Waals surface area contributed by atoms with E-state index >= 15 is 0 Å². The first kappa shape index (κ1) is 47.3. The molecule has 0 radical (unpaired) electrons. The Morgan fingerprint density at radius 2 is 1.16 bits per heavy atom. The molecule has 0 saturated carbocycles. The lowest BCUT2D eigenvalue weighted by Gasteiger charge is -2.10. The summed E-state index contributed by atoms with van der Waals surface area (Å²) in [5.41, 5.74) is 0.496. The van der Waals surface area contributed by atoms with Crippen LogP contribution in [0.2, 0.25) is 5.02 Å². The first-order chi connectivity index (χ1) is 29.4. The molecule has 2 heterocycles. The summed E-state index contributed by atoms with van der Waals surface area (Å²) in [4.78, 5) is 32.1. The number of nitrogens with zero attached hydrogens (tertiary/aromatic N) is 2. The molecule has 0 aliphatic rings. The summed E-state index contributed by atoms with van der Waals surface area (Å²) in [6, 6.07) is 18.0. The minimum atomic E-state index is -4.61. The molecule has 0 aliphatic carbocycles. The van der Waals surface area contributed by atoms with Crippen molar-refractivity contribution in [2.45, 2.75) is 16.0 Å². The van der Waals surface area contributed by atoms with Gasteiger partial charge >= 0.3 is 6.18 Å². The van der Waals surface area contributed by atoms with Crippen molar-refractivity contribution >= 4 is 116 Å². The molecular formula is C39H31BrClF3N6O8S4. The molecule has 0 aliphatic heterocycles. The Balaban J connectivity index is 0.000000234. The molecule has 0 unspecified atom stereocenters. The van der Waals surface area contributed by atoms with E-state index in [4.69, 9.17) is 21.1 Å². The van der Waals surface area contributed by atoms with Gasteiger partial charge in [0, 0.05) is 51.2 Å². The number of halogens is 5. The van der Waals surface area contributed by atoms with Gasteiger partial charge in [0.1, 0.15) is 0 Å². The molecular weight excluding hydrogens is 981 g/mol. The molecule has 62 heavy (non-hydrogen) atoms. The SMILES string of the molecule is COc1cc(Br)c(/C=C/C(=O)Nc2ccc(S(=O)(=O)Nc3nccs3)cc2)cc1OC.O=C(/C=C/c1cccc(C(F)(F)F)c1Cl)Nc1ccc(S(=O)(=O)Nc2nccs2)cc1. The Kier molecular flexibility index (Phi) is 15.9. The van der Waals surface area contributed by atoms with Crippen LogP contribution >= 0.6 is 50.2 Å². The number of sulfonamides is 2. The number of amides is 2. The van der Waals surface area contributed by atoms with Crippen LogP contribution in [-0.4, -0.2) is 52.8 Å². The number of rotatable bonds is 14. The van der Waals surface area contributed by atoms with Crippen molar-refractivity contribution in [3.63, 3.8) is 0 Å². The molecule has 0 fully saturated rings. The predicted molar refractivity (Wildman–Crippen MR) is 238 cm³/mol. The highest BCUT2D eigenvalue weighted by atomic mass is 79.9. The summed E-state index contributed by atoms with van der Waals surface area (Å²) in [7, 11) is -4.51. The van der Waals surface area contributed by atoms with Crippen LogP contribution in [0.15, 0.2) is 128 Å². The van der Waals surface area contributed by atoms with E-state index in [1.165, 1.54) is 97.6 Å². The summed E-state index contributed by atoms with van der Waals surface area (Å²) in [6.07, 6.45) is 3.52. The average Bonchev–Trinajstić information content (AvgIpc) is 3.94. The highest BCUT2D eigenvalue weighted by Gasteiger charge is 2.33. The second-order valence-electron chi connectivity index (χ2n) is 12.0. The fraction of sp³-hybridized carbons (Fsp3) is 0.0769. The maximum Gasteiger partial charge on any atom is 0.417 e. The standard InChI is InChI=1S/C20H18BrN3O5S2.C19H13ClF3N3O3S2/c1-28-17-11-13(16(21)12-18(17)29-2)3-8-19(25)23-14-4-6-15(7-5-14)31(26,27)24-20-22-9-10-30-20;20-17-12(2-1-3-15(17)19(21,22)23)4-9-16(27)25-13-5-7-14(8-6-13)31(28,29)26-18-24-10-11-30-18/h3-12H,1-2H3,(H,22,24)(H,23,25);1-11H,(H,24,26)(H,25,27)/b8-3+;9-4+. The van der Waals surface area contributed by atoms with Crippen LogP contribution in [0.3, 0.4) is 0 Å². The van der Waals surface area contributed by atoms with Crippen LogP contribution in [0.1, 0.15) is 16.7 Å². The number of nitrogens with one attached hydrogen (secondary N) is 4. The quantitative estimate of drug-likeness (QED) is 0.0764. The number of methoxy groups -OCH3 is 2. The van der Waals surface area contributed by atoms with E-state index in [9.17, 15) is 39.6 Å². The van der Waals surface area contributed by atoms with E-state index in [2.05, 4.69) is 46.0 Å². The highest BCUT2D eigenvalue weighted by molar-refractivity contribution is 9.10. The van der Waals surface area contributed by atoms with Gasteiger partial charge in [-0.05, 0) is 90.0 Å². The van der Waals surface area contributed by atoms with Gasteiger partial charge in [0.15, 0.2) is 21.8 Å². The molecule has 0 bridgehead atoms. The summed E-state index contributed by atoms with van der Waals surface area (Å²) in [5, 5.41) is 8.45. The molecule has 324 valence electrons. The van der Waals surface area contributed by atoms with Crippen molar-refractivity contribution in [2.75, 3.05) is 34.3 Å². The molecule has 0 spiro atoms. The molecule has 6 rings (SSSR count). The molecule has 4 N–H and O–H groups in total. The van der Waals surface area contributed by atoms with Crippen LogP contribution in [-0.2, 0) is 35.8 Å². The molecule has 0 saturated heterocycles. The number of anilines is 4. The van der Waals surface area contributed by atoms with Gasteiger partial charge < -0.3 is 20.1 Å². The zero-order chi connectivity index (χ0) is 45.1. The van der Waals surface area contributed by atoms with Gasteiger partial charge in [0.25, 0.3) is 20.0 Å². The van der Waals surface area contributed by atoms with E-state index in [-0.39, 0.29) is 37.2 Å². The summed E-state index contributed by atoms with van der Waals surface area (Å²) < 4.78 is 104. The van der Waals surface area contributed by atoms with E-state index in [0.717, 1.165) is 39.6 Å². The predicted octanol–water partition coefficient (Wildman–Crippen LogP) is 9.64. The maximum atomic E-state index is 12.9. The largest absolute Gasteiger partial charge is 0.493 e.